The van der Waals surface area contributed by atoms with Crippen molar-refractivity contribution in [1.29, 1.82) is 0 Å². The second kappa shape index (κ2) is 7.14. The van der Waals surface area contributed by atoms with E-state index in [9.17, 15) is 0 Å². The molecule has 0 N–H and O–H groups in total. The number of thioether (sulfide) groups is 1. The molecule has 0 saturated carbocycles. The Morgan fingerprint density at radius 3 is 2.36 bits per heavy atom. The highest BCUT2D eigenvalue weighted by molar-refractivity contribution is 7.98. The monoisotopic (exact) mass is 346 g/mol. The number of nitrogens with zero attached hydrogens (tertiary/aromatic N) is 2. The summed E-state index contributed by atoms with van der Waals surface area (Å²) in [5, 5.41) is 10.7. The van der Waals surface area contributed by atoms with E-state index < -0.39 is 0 Å². The number of halogens is 2. The number of hydrogen-bond donors (Lipinski definition) is 0. The Morgan fingerprint density at radius 2 is 1.68 bits per heavy atom. The lowest BCUT2D eigenvalue weighted by Gasteiger charge is -2.05. The predicted octanol–water partition coefficient (Wildman–Crippen LogP) is 5.74. The first kappa shape index (κ1) is 15.3. The molecule has 2 nitrogen and oxygen atoms in total. The normalized spacial score (nSPS) is 10.6. The molecular formula is C17H12Cl2N2S. The zero-order valence-electron chi connectivity index (χ0n) is 11.5. The van der Waals surface area contributed by atoms with Crippen molar-refractivity contribution in [3.8, 4) is 11.3 Å². The molecule has 0 spiro atoms. The molecule has 0 saturated heterocycles. The van der Waals surface area contributed by atoms with Gasteiger partial charge in [0, 0.05) is 21.4 Å². The fraction of sp³-hybridized carbons (Fsp3) is 0.0588. The van der Waals surface area contributed by atoms with Crippen molar-refractivity contribution < 1.29 is 0 Å². The minimum Gasteiger partial charge on any atom is -0.149 e. The molecule has 3 rings (SSSR count). The second-order valence-electron chi connectivity index (χ2n) is 4.65. The zero-order chi connectivity index (χ0) is 15.4. The van der Waals surface area contributed by atoms with Gasteiger partial charge in [0.05, 0.1) is 5.69 Å². The Balaban J connectivity index is 1.69. The SMILES string of the molecule is Clc1ccc(CSc2ccc(-c3ccccc3)nn2)c(Cl)c1. The standard InChI is InChI=1S/C17H12Cl2N2S/c18-14-7-6-13(15(19)10-14)11-22-17-9-8-16(20-21-17)12-4-2-1-3-5-12/h1-10H,11H2. The third-order valence-electron chi connectivity index (χ3n) is 3.10. The maximum absolute atomic E-state index is 6.17. The van der Waals surface area contributed by atoms with E-state index in [1.807, 2.05) is 54.6 Å². The Kier molecular flexibility index (Phi) is 4.98. The lowest BCUT2D eigenvalue weighted by Crippen LogP contribution is -1.90. The molecule has 3 aromatic rings. The van der Waals surface area contributed by atoms with Gasteiger partial charge in [-0.3, -0.25) is 0 Å². The van der Waals surface area contributed by atoms with E-state index in [2.05, 4.69) is 10.2 Å². The van der Waals surface area contributed by atoms with Crippen LogP contribution in [0.4, 0.5) is 0 Å². The van der Waals surface area contributed by atoms with E-state index >= 15 is 0 Å². The van der Waals surface area contributed by atoms with Gasteiger partial charge >= 0.3 is 0 Å². The first-order valence-corrected chi connectivity index (χ1v) is 8.42. The van der Waals surface area contributed by atoms with Crippen LogP contribution in [-0.4, -0.2) is 10.2 Å². The lowest BCUT2D eigenvalue weighted by atomic mass is 10.1. The van der Waals surface area contributed by atoms with E-state index in [-0.39, 0.29) is 0 Å². The molecule has 0 fully saturated rings. The van der Waals surface area contributed by atoms with Crippen LogP contribution in [0.5, 0.6) is 0 Å². The molecule has 1 aromatic heterocycles. The highest BCUT2D eigenvalue weighted by Gasteiger charge is 2.05. The summed E-state index contributed by atoms with van der Waals surface area (Å²) in [5.74, 6) is 0.732. The Morgan fingerprint density at radius 1 is 0.864 bits per heavy atom. The molecule has 0 aliphatic rings. The molecule has 110 valence electrons. The zero-order valence-corrected chi connectivity index (χ0v) is 13.9. The number of benzene rings is 2. The number of hydrogen-bond acceptors (Lipinski definition) is 3. The molecule has 0 amide bonds. The van der Waals surface area contributed by atoms with Gasteiger partial charge in [0.25, 0.3) is 0 Å². The Labute approximate surface area is 143 Å². The van der Waals surface area contributed by atoms with Crippen molar-refractivity contribution in [2.75, 3.05) is 0 Å². The minimum atomic E-state index is 0.644. The van der Waals surface area contributed by atoms with Gasteiger partial charge in [0.2, 0.25) is 0 Å². The van der Waals surface area contributed by atoms with Crippen LogP contribution in [0.3, 0.4) is 0 Å². The lowest BCUT2D eigenvalue weighted by molar-refractivity contribution is 0.935. The smallest absolute Gasteiger partial charge is 0.119 e. The van der Waals surface area contributed by atoms with Gasteiger partial charge in [0.15, 0.2) is 0 Å². The molecule has 0 unspecified atom stereocenters. The topological polar surface area (TPSA) is 25.8 Å². The molecule has 0 atom stereocenters. The van der Waals surface area contributed by atoms with Crippen molar-refractivity contribution in [2.24, 2.45) is 0 Å². The first-order chi connectivity index (χ1) is 10.7. The van der Waals surface area contributed by atoms with Crippen LogP contribution in [0.25, 0.3) is 11.3 Å². The summed E-state index contributed by atoms with van der Waals surface area (Å²) in [5.41, 5.74) is 2.96. The largest absolute Gasteiger partial charge is 0.149 e. The Bertz CT molecular complexity index is 761. The summed E-state index contributed by atoms with van der Waals surface area (Å²) in [6, 6.07) is 19.5. The predicted molar refractivity (Wildman–Crippen MR) is 93.5 cm³/mol. The second-order valence-corrected chi connectivity index (χ2v) is 6.49. The Hall–Kier alpha value is -1.55. The van der Waals surface area contributed by atoms with Crippen molar-refractivity contribution in [2.45, 2.75) is 10.8 Å². The summed E-state index contributed by atoms with van der Waals surface area (Å²) in [6.07, 6.45) is 0. The van der Waals surface area contributed by atoms with E-state index in [1.54, 1.807) is 17.8 Å². The molecule has 5 heteroatoms. The minimum absolute atomic E-state index is 0.644. The van der Waals surface area contributed by atoms with Crippen molar-refractivity contribution in [3.05, 3.63) is 76.3 Å². The maximum Gasteiger partial charge on any atom is 0.119 e. The van der Waals surface area contributed by atoms with Crippen LogP contribution in [-0.2, 0) is 5.75 Å². The molecule has 0 aliphatic heterocycles. The van der Waals surface area contributed by atoms with Crippen LogP contribution in [0.2, 0.25) is 10.0 Å². The van der Waals surface area contributed by atoms with Gasteiger partial charge in [0.1, 0.15) is 5.03 Å². The van der Waals surface area contributed by atoms with Gasteiger partial charge in [-0.1, -0.05) is 71.4 Å². The molecule has 0 radical (unpaired) electrons. The van der Waals surface area contributed by atoms with Crippen LogP contribution in [0.15, 0.2) is 65.7 Å². The highest BCUT2D eigenvalue weighted by atomic mass is 35.5. The van der Waals surface area contributed by atoms with Gasteiger partial charge < -0.3 is 0 Å². The average molecular weight is 347 g/mol. The van der Waals surface area contributed by atoms with Gasteiger partial charge in [-0.15, -0.1) is 10.2 Å². The fourth-order valence-corrected chi connectivity index (χ4v) is 3.32. The van der Waals surface area contributed by atoms with E-state index in [1.165, 1.54) is 0 Å². The van der Waals surface area contributed by atoms with Crippen molar-refractivity contribution in [1.82, 2.24) is 10.2 Å². The van der Waals surface area contributed by atoms with Gasteiger partial charge in [-0.25, -0.2) is 0 Å². The third kappa shape index (κ3) is 3.80. The third-order valence-corrected chi connectivity index (χ3v) is 4.66. The summed E-state index contributed by atoms with van der Waals surface area (Å²) >= 11 is 13.7. The summed E-state index contributed by atoms with van der Waals surface area (Å²) in [4.78, 5) is 0. The van der Waals surface area contributed by atoms with E-state index in [4.69, 9.17) is 23.2 Å². The quantitative estimate of drug-likeness (QED) is 0.563. The summed E-state index contributed by atoms with van der Waals surface area (Å²) < 4.78 is 0. The van der Waals surface area contributed by atoms with Gasteiger partial charge in [-0.05, 0) is 29.8 Å². The van der Waals surface area contributed by atoms with E-state index in [0.29, 0.717) is 10.0 Å². The van der Waals surface area contributed by atoms with Gasteiger partial charge in [-0.2, -0.15) is 0 Å². The number of rotatable bonds is 4. The first-order valence-electron chi connectivity index (χ1n) is 6.68. The number of aromatic nitrogens is 2. The average Bonchev–Trinajstić information content (AvgIpc) is 2.55. The molecule has 0 bridgehead atoms. The van der Waals surface area contributed by atoms with Crippen molar-refractivity contribution in [3.63, 3.8) is 0 Å². The maximum atomic E-state index is 6.17. The van der Waals surface area contributed by atoms with Crippen LogP contribution in [0, 0.1) is 0 Å². The summed E-state index contributed by atoms with van der Waals surface area (Å²) in [7, 11) is 0. The molecular weight excluding hydrogens is 335 g/mol. The van der Waals surface area contributed by atoms with Crippen LogP contribution in [0.1, 0.15) is 5.56 Å². The highest BCUT2D eigenvalue weighted by Crippen LogP contribution is 2.28. The molecule has 0 aliphatic carbocycles. The molecule has 2 aromatic carbocycles. The van der Waals surface area contributed by atoms with E-state index in [0.717, 1.165) is 27.6 Å². The van der Waals surface area contributed by atoms with Crippen LogP contribution >= 0.6 is 35.0 Å². The molecule has 22 heavy (non-hydrogen) atoms. The molecule has 1 heterocycles. The van der Waals surface area contributed by atoms with Crippen LogP contribution < -0.4 is 0 Å². The fourth-order valence-electron chi connectivity index (χ4n) is 1.95. The van der Waals surface area contributed by atoms with Crippen molar-refractivity contribution >= 4 is 35.0 Å². The summed E-state index contributed by atoms with van der Waals surface area (Å²) in [6.45, 7) is 0.